The monoisotopic (exact) mass is 981 g/mol. The maximum Gasteiger partial charge on any atom is 0.246 e. The van der Waals surface area contributed by atoms with Crippen molar-refractivity contribution < 1.29 is 38.2 Å². The predicted octanol–water partition coefficient (Wildman–Crippen LogP) is 5.36. The molecule has 9 atom stereocenters. The second kappa shape index (κ2) is 27.6. The van der Waals surface area contributed by atoms with Crippen LogP contribution in [0.25, 0.3) is 0 Å². The lowest BCUT2D eigenvalue weighted by Gasteiger charge is -2.37. The third-order valence-corrected chi connectivity index (χ3v) is 14.9. The summed E-state index contributed by atoms with van der Waals surface area (Å²) >= 11 is 0. The molecule has 1 saturated carbocycles. The number of hydrogen-bond donors (Lipinski definition) is 6. The maximum absolute atomic E-state index is 14.1. The van der Waals surface area contributed by atoms with Gasteiger partial charge in [-0.3, -0.25) is 28.8 Å². The van der Waals surface area contributed by atoms with Gasteiger partial charge in [0.25, 0.3) is 0 Å². The normalized spacial score (nSPS) is 21.0. The van der Waals surface area contributed by atoms with Gasteiger partial charge in [-0.05, 0) is 107 Å². The zero-order valence-electron chi connectivity index (χ0n) is 45.0. The van der Waals surface area contributed by atoms with Gasteiger partial charge in [-0.2, -0.15) is 0 Å². The van der Waals surface area contributed by atoms with Crippen LogP contribution >= 0.6 is 0 Å². The molecule has 2 aliphatic heterocycles. The lowest BCUT2D eigenvalue weighted by atomic mass is 9.84. The molecule has 2 saturated heterocycles. The van der Waals surface area contributed by atoms with Gasteiger partial charge >= 0.3 is 0 Å². The Labute approximate surface area is 420 Å². The molecule has 1 aromatic rings. The number of likely N-dealkylation sites (N-methyl/N-ethyl adjacent to an activating group) is 2. The van der Waals surface area contributed by atoms with Crippen molar-refractivity contribution in [3.63, 3.8) is 0 Å². The van der Waals surface area contributed by atoms with Crippen molar-refractivity contribution in [1.29, 1.82) is 0 Å². The fourth-order valence-electron chi connectivity index (χ4n) is 10.1. The third-order valence-electron chi connectivity index (χ3n) is 14.9. The van der Waals surface area contributed by atoms with Crippen LogP contribution < -0.4 is 31.9 Å². The van der Waals surface area contributed by atoms with E-state index in [4.69, 9.17) is 9.47 Å². The topological polar surface area (TPSA) is 200 Å². The molecule has 1 aromatic carbocycles. The van der Waals surface area contributed by atoms with Gasteiger partial charge in [0.05, 0.1) is 50.6 Å². The number of ether oxygens (including phenoxy) is 2. The van der Waals surface area contributed by atoms with Gasteiger partial charge in [0, 0.05) is 13.1 Å². The lowest BCUT2D eigenvalue weighted by Crippen LogP contribution is -2.60. The smallest absolute Gasteiger partial charge is 0.246 e. The maximum atomic E-state index is 14.1. The molecule has 6 N–H and O–H groups in total. The van der Waals surface area contributed by atoms with Crippen LogP contribution in [0.5, 0.6) is 0 Å². The average Bonchev–Trinajstić information content (AvgIpc) is 4.04. The summed E-state index contributed by atoms with van der Waals surface area (Å²) in [5, 5.41) is 18.4. The molecule has 2 heterocycles. The molecule has 0 radical (unpaired) electrons. The van der Waals surface area contributed by atoms with E-state index in [1.54, 1.807) is 37.7 Å². The van der Waals surface area contributed by atoms with Gasteiger partial charge in [0.2, 0.25) is 35.4 Å². The highest BCUT2D eigenvalue weighted by molar-refractivity contribution is 5.95. The number of carbonyl (C=O) groups excluding carboxylic acids is 6. The molecule has 4 rings (SSSR count). The van der Waals surface area contributed by atoms with E-state index in [-0.39, 0.29) is 59.4 Å². The zero-order chi connectivity index (χ0) is 51.8. The Kier molecular flexibility index (Phi) is 23.1. The molecule has 70 heavy (non-hydrogen) atoms. The first-order valence-corrected chi connectivity index (χ1v) is 26.5. The highest BCUT2D eigenvalue weighted by Crippen LogP contribution is 2.30. The second-order valence-corrected chi connectivity index (χ2v) is 22.4. The van der Waals surface area contributed by atoms with Crippen molar-refractivity contribution in [3.05, 3.63) is 35.4 Å². The number of benzene rings is 1. The Hall–Kier alpha value is -4.12. The van der Waals surface area contributed by atoms with E-state index in [1.165, 1.54) is 6.42 Å². The van der Waals surface area contributed by atoms with Crippen molar-refractivity contribution in [2.45, 2.75) is 208 Å². The largest absolute Gasteiger partial charge is 0.375 e. The number of nitrogens with one attached hydrogen (secondary N) is 6. The summed E-state index contributed by atoms with van der Waals surface area (Å²) in [5.74, 6) is -0.877. The van der Waals surface area contributed by atoms with Gasteiger partial charge < -0.3 is 51.2 Å². The molecule has 0 aromatic heterocycles. The van der Waals surface area contributed by atoms with Gasteiger partial charge in [-0.15, -0.1) is 0 Å². The lowest BCUT2D eigenvalue weighted by molar-refractivity contribution is -0.144. The standard InChI is InChI=1S/C54H92N8O8/c1-13-20-39(14-2)41(57-49(65)43-23-18-29-61(43)51(67)45(53(5,6)7)59-47(63)35(3)55-11)33-69-31-37-25-27-38(28-26-37)32-70-34-42(40-21-16-15-17-22-40)58-50(66)44-24-19-30-62(44)52(68)46(54(8,9)10)60-48(64)36(4)56-12/h25-28,35-36,39-46,55-56H,13-24,29-34H2,1-12H3,(H,57,65)(H,58,66)(H,59,63)(H,60,64)/t35-,36-,39?,41+,42?,43?,44-,45+,46+/m0/s1. The number of amides is 6. The highest BCUT2D eigenvalue weighted by atomic mass is 16.5. The fourth-order valence-corrected chi connectivity index (χ4v) is 10.1. The van der Waals surface area contributed by atoms with Crippen LogP contribution in [0.4, 0.5) is 0 Å². The number of rotatable bonds is 25. The van der Waals surface area contributed by atoms with Crippen LogP contribution in [0.2, 0.25) is 0 Å². The fraction of sp³-hybridized carbons (Fsp3) is 0.778. The van der Waals surface area contributed by atoms with Crippen molar-refractivity contribution in [1.82, 2.24) is 41.7 Å². The summed E-state index contributed by atoms with van der Waals surface area (Å²) in [6.45, 7) is 21.6. The van der Waals surface area contributed by atoms with Crippen molar-refractivity contribution in [2.24, 2.45) is 22.7 Å². The average molecular weight is 981 g/mol. The molecular formula is C54H92N8O8. The molecule has 1 aliphatic carbocycles. The van der Waals surface area contributed by atoms with Crippen molar-refractivity contribution in [2.75, 3.05) is 40.4 Å². The van der Waals surface area contributed by atoms with Crippen LogP contribution in [-0.4, -0.2) is 134 Å². The molecule has 16 nitrogen and oxygen atoms in total. The molecule has 3 unspecified atom stereocenters. The summed E-state index contributed by atoms with van der Waals surface area (Å²) in [5.41, 5.74) is 0.857. The first kappa shape index (κ1) is 58.5. The van der Waals surface area contributed by atoms with E-state index in [0.29, 0.717) is 65.2 Å². The summed E-state index contributed by atoms with van der Waals surface area (Å²) in [7, 11) is 3.41. The summed E-state index contributed by atoms with van der Waals surface area (Å²) < 4.78 is 12.7. The number of hydrogen-bond acceptors (Lipinski definition) is 10. The minimum absolute atomic E-state index is 0.166. The summed E-state index contributed by atoms with van der Waals surface area (Å²) in [6.07, 6.45) is 10.7. The quantitative estimate of drug-likeness (QED) is 0.0743. The zero-order valence-corrected chi connectivity index (χ0v) is 45.0. The van der Waals surface area contributed by atoms with Gasteiger partial charge in [0.1, 0.15) is 24.2 Å². The van der Waals surface area contributed by atoms with E-state index in [0.717, 1.165) is 56.1 Å². The van der Waals surface area contributed by atoms with Gasteiger partial charge in [-0.25, -0.2) is 0 Å². The molecule has 396 valence electrons. The van der Waals surface area contributed by atoms with E-state index in [9.17, 15) is 28.8 Å². The number of nitrogens with zero attached hydrogens (tertiary/aromatic N) is 2. The van der Waals surface area contributed by atoms with Crippen LogP contribution in [0.3, 0.4) is 0 Å². The second-order valence-electron chi connectivity index (χ2n) is 22.4. The minimum atomic E-state index is -0.785. The van der Waals surface area contributed by atoms with Gasteiger partial charge in [0.15, 0.2) is 0 Å². The summed E-state index contributed by atoms with van der Waals surface area (Å²) in [6, 6.07) is 3.93. The molecule has 6 amide bonds. The van der Waals surface area contributed by atoms with Crippen molar-refractivity contribution >= 4 is 35.4 Å². The summed E-state index contributed by atoms with van der Waals surface area (Å²) in [4.78, 5) is 85.4. The van der Waals surface area contributed by atoms with E-state index in [2.05, 4.69) is 45.7 Å². The number of carbonyl (C=O) groups is 6. The molecule has 3 aliphatic rings. The predicted molar refractivity (Wildman–Crippen MR) is 274 cm³/mol. The molecule has 0 spiro atoms. The first-order valence-electron chi connectivity index (χ1n) is 26.5. The van der Waals surface area contributed by atoms with E-state index < -0.39 is 47.1 Å². The molecular weight excluding hydrogens is 889 g/mol. The van der Waals surface area contributed by atoms with Crippen LogP contribution in [-0.2, 0) is 51.5 Å². The Morgan fingerprint density at radius 3 is 1.47 bits per heavy atom. The number of likely N-dealkylation sites (tertiary alicyclic amines) is 2. The SMILES string of the molecule is CCCC(CC)[C@@H](COCc1ccc(COCC(NC(=O)[C@@H]2CCCN2C(=O)[C@@H](NC(=O)[C@H](C)NC)C(C)(C)C)C2CCCCC2)cc1)NC(=O)C1CCCN1C(=O)[C@@H](NC(=O)[C@H](C)NC)C(C)(C)C. The van der Waals surface area contributed by atoms with Crippen LogP contribution in [0, 0.1) is 22.7 Å². The first-order chi connectivity index (χ1) is 33.1. The Bertz CT molecular complexity index is 1720. The van der Waals surface area contributed by atoms with Crippen molar-refractivity contribution in [3.8, 4) is 0 Å². The van der Waals surface area contributed by atoms with E-state index in [1.807, 2.05) is 65.8 Å². The minimum Gasteiger partial charge on any atom is -0.375 e. The van der Waals surface area contributed by atoms with Crippen LogP contribution in [0.1, 0.15) is 157 Å². The molecule has 16 heteroatoms. The van der Waals surface area contributed by atoms with E-state index >= 15 is 0 Å². The molecule has 3 fully saturated rings. The van der Waals surface area contributed by atoms with Crippen LogP contribution in [0.15, 0.2) is 24.3 Å². The Balaban J connectivity index is 1.35. The Morgan fingerprint density at radius 1 is 0.614 bits per heavy atom. The Morgan fingerprint density at radius 2 is 1.06 bits per heavy atom. The molecule has 0 bridgehead atoms. The third kappa shape index (κ3) is 16.7. The highest BCUT2D eigenvalue weighted by Gasteiger charge is 2.44. The van der Waals surface area contributed by atoms with Gasteiger partial charge in [-0.1, -0.05) is 112 Å².